The third kappa shape index (κ3) is 3.37. The third-order valence-corrected chi connectivity index (χ3v) is 2.74. The van der Waals surface area contributed by atoms with Gasteiger partial charge >= 0.3 is 5.97 Å². The topological polar surface area (TPSA) is 37.3 Å². The number of aryl methyl sites for hydroxylation is 2. The van der Waals surface area contributed by atoms with Crippen LogP contribution in [0.25, 0.3) is 0 Å². The summed E-state index contributed by atoms with van der Waals surface area (Å²) in [5.41, 5.74) is 3.79. The van der Waals surface area contributed by atoms with E-state index in [4.69, 9.17) is 5.11 Å². The maximum atomic E-state index is 10.5. The first kappa shape index (κ1) is 12.8. The minimum atomic E-state index is -0.738. The third-order valence-electron chi connectivity index (χ3n) is 2.74. The van der Waals surface area contributed by atoms with Crippen LogP contribution in [-0.4, -0.2) is 11.1 Å². The molecule has 88 valence electrons. The van der Waals surface area contributed by atoms with E-state index in [0.717, 1.165) is 5.56 Å². The molecule has 0 spiro atoms. The number of aliphatic carboxylic acids is 1. The van der Waals surface area contributed by atoms with Gasteiger partial charge in [0.2, 0.25) is 0 Å². The Morgan fingerprint density at radius 3 is 2.44 bits per heavy atom. The molecule has 0 heterocycles. The van der Waals surface area contributed by atoms with Gasteiger partial charge in [-0.05, 0) is 35.4 Å². The molecule has 0 fully saturated rings. The first-order valence-corrected chi connectivity index (χ1v) is 5.62. The van der Waals surface area contributed by atoms with Gasteiger partial charge in [-0.1, -0.05) is 39.0 Å². The Kier molecular flexibility index (Phi) is 3.74. The van der Waals surface area contributed by atoms with Crippen molar-refractivity contribution in [2.24, 2.45) is 0 Å². The summed E-state index contributed by atoms with van der Waals surface area (Å²) >= 11 is 0. The van der Waals surface area contributed by atoms with Crippen LogP contribution >= 0.6 is 0 Å². The van der Waals surface area contributed by atoms with Gasteiger partial charge in [-0.25, -0.2) is 0 Å². The molecule has 2 heteroatoms. The molecule has 2 nitrogen and oxygen atoms in total. The fraction of sp³-hybridized carbons (Fsp3) is 0.500. The van der Waals surface area contributed by atoms with Crippen molar-refractivity contribution in [1.29, 1.82) is 0 Å². The molecule has 0 atom stereocenters. The number of carbonyl (C=O) groups is 1. The zero-order chi connectivity index (χ0) is 12.3. The molecule has 0 aliphatic carbocycles. The van der Waals surface area contributed by atoms with Crippen LogP contribution in [0.4, 0.5) is 0 Å². The quantitative estimate of drug-likeness (QED) is 0.848. The monoisotopic (exact) mass is 220 g/mol. The maximum absolute atomic E-state index is 10.5. The summed E-state index contributed by atoms with van der Waals surface area (Å²) in [7, 11) is 0. The zero-order valence-electron chi connectivity index (χ0n) is 10.5. The molecule has 0 saturated heterocycles. The van der Waals surface area contributed by atoms with Gasteiger partial charge in [0.15, 0.2) is 0 Å². The highest BCUT2D eigenvalue weighted by atomic mass is 16.4. The van der Waals surface area contributed by atoms with Crippen molar-refractivity contribution < 1.29 is 9.90 Å². The lowest BCUT2D eigenvalue weighted by atomic mass is 9.83. The smallest absolute Gasteiger partial charge is 0.303 e. The second-order valence-corrected chi connectivity index (χ2v) is 5.29. The van der Waals surface area contributed by atoms with E-state index in [9.17, 15) is 4.79 Å². The van der Waals surface area contributed by atoms with Crippen LogP contribution in [0.2, 0.25) is 0 Å². The molecule has 0 aromatic heterocycles. The molecule has 0 saturated carbocycles. The van der Waals surface area contributed by atoms with E-state index in [1.54, 1.807) is 0 Å². The molecule has 0 bridgehead atoms. The number of carboxylic acid groups (broad SMARTS) is 1. The highest BCUT2D eigenvalue weighted by Crippen LogP contribution is 2.26. The normalized spacial score (nSPS) is 11.5. The number of carboxylic acids is 1. The molecule has 1 rings (SSSR count). The fourth-order valence-corrected chi connectivity index (χ4v) is 1.88. The number of benzene rings is 1. The summed E-state index contributed by atoms with van der Waals surface area (Å²) in [6.45, 7) is 8.63. The van der Waals surface area contributed by atoms with Gasteiger partial charge in [0, 0.05) is 6.42 Å². The van der Waals surface area contributed by atoms with Crippen LogP contribution in [0.5, 0.6) is 0 Å². The van der Waals surface area contributed by atoms with E-state index in [1.807, 2.05) is 6.07 Å². The highest BCUT2D eigenvalue weighted by Gasteiger charge is 2.16. The van der Waals surface area contributed by atoms with Gasteiger partial charge in [-0.3, -0.25) is 4.79 Å². The van der Waals surface area contributed by atoms with E-state index >= 15 is 0 Å². The summed E-state index contributed by atoms with van der Waals surface area (Å²) in [5.74, 6) is -0.738. The first-order chi connectivity index (χ1) is 7.30. The average molecular weight is 220 g/mol. The lowest BCUT2D eigenvalue weighted by Gasteiger charge is -2.22. The molecular weight excluding hydrogens is 200 g/mol. The van der Waals surface area contributed by atoms with Crippen molar-refractivity contribution in [1.82, 2.24) is 0 Å². The van der Waals surface area contributed by atoms with Gasteiger partial charge in [-0.2, -0.15) is 0 Å². The predicted octanol–water partition coefficient (Wildman–Crippen LogP) is 3.31. The summed E-state index contributed by atoms with van der Waals surface area (Å²) in [6, 6.07) is 6.24. The van der Waals surface area contributed by atoms with E-state index in [1.165, 1.54) is 11.1 Å². The summed E-state index contributed by atoms with van der Waals surface area (Å²) in [5, 5.41) is 8.66. The van der Waals surface area contributed by atoms with Gasteiger partial charge in [0.1, 0.15) is 0 Å². The lowest BCUT2D eigenvalue weighted by Crippen LogP contribution is -2.13. The lowest BCUT2D eigenvalue weighted by molar-refractivity contribution is -0.136. The van der Waals surface area contributed by atoms with Crippen molar-refractivity contribution in [3.8, 4) is 0 Å². The molecule has 1 aromatic rings. The molecule has 0 radical (unpaired) electrons. The largest absolute Gasteiger partial charge is 0.481 e. The minimum absolute atomic E-state index is 0.114. The average Bonchev–Trinajstić information content (AvgIpc) is 2.14. The molecule has 0 amide bonds. The molecule has 0 aliphatic heterocycles. The maximum Gasteiger partial charge on any atom is 0.303 e. The van der Waals surface area contributed by atoms with Crippen molar-refractivity contribution >= 4 is 5.97 Å². The van der Waals surface area contributed by atoms with Crippen molar-refractivity contribution in [3.63, 3.8) is 0 Å². The fourth-order valence-electron chi connectivity index (χ4n) is 1.88. The van der Waals surface area contributed by atoms with E-state index in [-0.39, 0.29) is 11.8 Å². The van der Waals surface area contributed by atoms with E-state index in [0.29, 0.717) is 6.42 Å². The van der Waals surface area contributed by atoms with Crippen LogP contribution in [-0.2, 0) is 16.6 Å². The molecule has 1 aromatic carbocycles. The van der Waals surface area contributed by atoms with Crippen molar-refractivity contribution in [3.05, 3.63) is 34.9 Å². The Morgan fingerprint density at radius 1 is 1.31 bits per heavy atom. The van der Waals surface area contributed by atoms with Crippen LogP contribution in [0.3, 0.4) is 0 Å². The van der Waals surface area contributed by atoms with Gasteiger partial charge in [0.25, 0.3) is 0 Å². The van der Waals surface area contributed by atoms with Crippen LogP contribution in [0, 0.1) is 6.92 Å². The molecule has 1 N–H and O–H groups in total. The predicted molar refractivity (Wildman–Crippen MR) is 65.8 cm³/mol. The Balaban J connectivity index is 2.94. The van der Waals surface area contributed by atoms with Gasteiger partial charge < -0.3 is 5.11 Å². The highest BCUT2D eigenvalue weighted by molar-refractivity contribution is 5.67. The van der Waals surface area contributed by atoms with Crippen LogP contribution in [0.1, 0.15) is 43.9 Å². The molecule has 16 heavy (non-hydrogen) atoms. The summed E-state index contributed by atoms with van der Waals surface area (Å²) < 4.78 is 0. The zero-order valence-corrected chi connectivity index (χ0v) is 10.5. The molecule has 0 aliphatic rings. The SMILES string of the molecule is Cc1ccc(CCC(=O)O)cc1C(C)(C)C. The Morgan fingerprint density at radius 2 is 1.94 bits per heavy atom. The second kappa shape index (κ2) is 4.69. The second-order valence-electron chi connectivity index (χ2n) is 5.29. The molecular formula is C14H20O2. The standard InChI is InChI=1S/C14H20O2/c1-10-5-6-11(7-8-13(15)16)9-12(10)14(2,3)4/h5-6,9H,7-8H2,1-4H3,(H,15,16). The summed E-state index contributed by atoms with van der Waals surface area (Å²) in [6.07, 6.45) is 0.811. The van der Waals surface area contributed by atoms with Crippen molar-refractivity contribution in [2.45, 2.75) is 46.0 Å². The van der Waals surface area contributed by atoms with Gasteiger partial charge in [-0.15, -0.1) is 0 Å². The number of rotatable bonds is 3. The Labute approximate surface area is 97.3 Å². The number of hydrogen-bond acceptors (Lipinski definition) is 1. The van der Waals surface area contributed by atoms with E-state index in [2.05, 4.69) is 39.8 Å². The van der Waals surface area contributed by atoms with E-state index < -0.39 is 5.97 Å². The first-order valence-electron chi connectivity index (χ1n) is 5.62. The Bertz CT molecular complexity index is 386. The Hall–Kier alpha value is -1.31. The minimum Gasteiger partial charge on any atom is -0.481 e. The molecule has 0 unspecified atom stereocenters. The van der Waals surface area contributed by atoms with Crippen LogP contribution < -0.4 is 0 Å². The number of hydrogen-bond donors (Lipinski definition) is 1. The van der Waals surface area contributed by atoms with Crippen molar-refractivity contribution in [2.75, 3.05) is 0 Å². The van der Waals surface area contributed by atoms with Gasteiger partial charge in [0.05, 0.1) is 0 Å². The van der Waals surface area contributed by atoms with Crippen LogP contribution in [0.15, 0.2) is 18.2 Å². The summed E-state index contributed by atoms with van der Waals surface area (Å²) in [4.78, 5) is 10.5.